The third-order valence-electron chi connectivity index (χ3n) is 3.72. The van der Waals surface area contributed by atoms with Crippen molar-refractivity contribution in [2.24, 2.45) is 5.92 Å². The van der Waals surface area contributed by atoms with Crippen molar-refractivity contribution < 1.29 is 9.59 Å². The minimum atomic E-state index is -0.0556. The molecule has 8 heteroatoms. The molecule has 5 nitrogen and oxygen atoms in total. The number of thiazole rings is 2. The normalized spacial score (nSPS) is 11.1. The van der Waals surface area contributed by atoms with E-state index in [4.69, 9.17) is 0 Å². The first-order chi connectivity index (χ1) is 12.5. The van der Waals surface area contributed by atoms with Gasteiger partial charge in [0.15, 0.2) is 15.8 Å². The molecule has 2 aromatic rings. The Morgan fingerprint density at radius 1 is 1.23 bits per heavy atom. The van der Waals surface area contributed by atoms with Gasteiger partial charge in [0.25, 0.3) is 0 Å². The topological polar surface area (TPSA) is 72.0 Å². The molecule has 2 rings (SSSR count). The van der Waals surface area contributed by atoms with Gasteiger partial charge in [0.1, 0.15) is 5.69 Å². The number of nitrogens with zero attached hydrogens (tertiary/aromatic N) is 2. The fourth-order valence-corrected chi connectivity index (χ4v) is 4.57. The van der Waals surface area contributed by atoms with Crippen LogP contribution in [0.5, 0.6) is 0 Å². The lowest BCUT2D eigenvalue weighted by Gasteiger charge is -2.05. The molecule has 2 aromatic heterocycles. The number of ketones is 1. The number of amides is 1. The highest BCUT2D eigenvalue weighted by Gasteiger charge is 2.20. The zero-order valence-corrected chi connectivity index (χ0v) is 17.7. The molecule has 0 atom stereocenters. The lowest BCUT2D eigenvalue weighted by Crippen LogP contribution is -2.25. The Balaban J connectivity index is 1.91. The minimum Gasteiger partial charge on any atom is -0.355 e. The lowest BCUT2D eigenvalue weighted by molar-refractivity contribution is -0.118. The van der Waals surface area contributed by atoms with Crippen molar-refractivity contribution >= 4 is 47.0 Å². The van der Waals surface area contributed by atoms with Gasteiger partial charge in [0.05, 0.1) is 5.75 Å². The monoisotopic (exact) mass is 411 g/mol. The van der Waals surface area contributed by atoms with Crippen molar-refractivity contribution in [1.82, 2.24) is 15.3 Å². The molecule has 0 unspecified atom stereocenters. The predicted molar refractivity (Wildman–Crippen MR) is 111 cm³/mol. The summed E-state index contributed by atoms with van der Waals surface area (Å²) in [5, 5.41) is 6.42. The Kier molecular flexibility index (Phi) is 8.74. The van der Waals surface area contributed by atoms with E-state index >= 15 is 0 Å². The molecule has 0 radical (unpaired) electrons. The van der Waals surface area contributed by atoms with Crippen LogP contribution in [0.2, 0.25) is 0 Å². The zero-order valence-electron chi connectivity index (χ0n) is 15.2. The van der Waals surface area contributed by atoms with Crippen LogP contribution in [-0.2, 0) is 11.2 Å². The van der Waals surface area contributed by atoms with Gasteiger partial charge in [-0.05, 0) is 25.2 Å². The number of aromatic nitrogens is 2. The third kappa shape index (κ3) is 6.48. The number of carbonyl (C=O) groups is 2. The summed E-state index contributed by atoms with van der Waals surface area (Å²) in [6, 6.07) is 0. The Morgan fingerprint density at radius 3 is 2.69 bits per heavy atom. The molecular formula is C18H25N3O2S3. The van der Waals surface area contributed by atoms with E-state index in [2.05, 4.69) is 41.8 Å². The average Bonchev–Trinajstić information content (AvgIpc) is 3.26. The van der Waals surface area contributed by atoms with E-state index in [1.807, 2.05) is 5.38 Å². The van der Waals surface area contributed by atoms with Crippen LogP contribution in [0.1, 0.15) is 54.9 Å². The highest BCUT2D eigenvalue weighted by atomic mass is 32.1. The molecule has 142 valence electrons. The van der Waals surface area contributed by atoms with Gasteiger partial charge in [-0.15, -0.1) is 22.7 Å². The van der Waals surface area contributed by atoms with E-state index < -0.39 is 0 Å². The first-order valence-corrected chi connectivity index (χ1v) is 11.1. The van der Waals surface area contributed by atoms with Gasteiger partial charge in [-0.3, -0.25) is 9.59 Å². The van der Waals surface area contributed by atoms with E-state index in [-0.39, 0.29) is 17.4 Å². The van der Waals surface area contributed by atoms with Crippen LogP contribution in [0.3, 0.4) is 0 Å². The second-order valence-electron chi connectivity index (χ2n) is 6.47. The first-order valence-electron chi connectivity index (χ1n) is 8.81. The largest absolute Gasteiger partial charge is 0.355 e. The van der Waals surface area contributed by atoms with E-state index in [0.717, 1.165) is 40.6 Å². The van der Waals surface area contributed by atoms with Crippen molar-refractivity contribution in [3.63, 3.8) is 0 Å². The van der Waals surface area contributed by atoms with Crippen molar-refractivity contribution in [1.29, 1.82) is 0 Å². The van der Waals surface area contributed by atoms with Gasteiger partial charge >= 0.3 is 0 Å². The maximum Gasteiger partial charge on any atom is 0.229 e. The molecule has 0 aliphatic heterocycles. The number of nitrogens with one attached hydrogen (secondary N) is 1. The molecule has 0 aliphatic rings. The number of unbranched alkanes of at least 4 members (excludes halogenated alkanes) is 2. The second-order valence-corrected chi connectivity index (χ2v) is 8.76. The number of hydrogen-bond donors (Lipinski definition) is 2. The summed E-state index contributed by atoms with van der Waals surface area (Å²) in [7, 11) is 0. The Morgan fingerprint density at radius 2 is 2.04 bits per heavy atom. The van der Waals surface area contributed by atoms with Crippen LogP contribution in [0.15, 0.2) is 11.6 Å². The summed E-state index contributed by atoms with van der Waals surface area (Å²) < 4.78 is 0. The quantitative estimate of drug-likeness (QED) is 0.329. The summed E-state index contributed by atoms with van der Waals surface area (Å²) >= 11 is 7.05. The van der Waals surface area contributed by atoms with Crippen molar-refractivity contribution in [2.45, 2.75) is 46.0 Å². The molecule has 1 N–H and O–H groups in total. The lowest BCUT2D eigenvalue weighted by atomic mass is 10.0. The van der Waals surface area contributed by atoms with Crippen LogP contribution in [0.4, 0.5) is 0 Å². The molecule has 0 aromatic carbocycles. The molecule has 0 aliphatic carbocycles. The summed E-state index contributed by atoms with van der Waals surface area (Å²) in [5.41, 5.74) is 0.622. The van der Waals surface area contributed by atoms with Gasteiger partial charge in [-0.2, -0.15) is 12.6 Å². The summed E-state index contributed by atoms with van der Waals surface area (Å²) in [6.45, 7) is 4.93. The van der Waals surface area contributed by atoms with E-state index in [1.165, 1.54) is 0 Å². The van der Waals surface area contributed by atoms with Crippen LogP contribution >= 0.6 is 35.3 Å². The summed E-state index contributed by atoms with van der Waals surface area (Å²) in [4.78, 5) is 33.8. The van der Waals surface area contributed by atoms with Gasteiger partial charge in [0, 0.05) is 29.4 Å². The van der Waals surface area contributed by atoms with Crippen LogP contribution in [-0.4, -0.2) is 34.0 Å². The van der Waals surface area contributed by atoms with Crippen LogP contribution in [0.25, 0.3) is 10.0 Å². The number of thiol groups is 1. The minimum absolute atomic E-state index is 0.0556. The SMILES string of the molecule is CC(C)Cc1sc(-c2nccs2)nc1C(=O)CCCCCNC(=O)CS. The fraction of sp³-hybridized carbons (Fsp3) is 0.556. The standard InChI is InChI=1S/C18H25N3O2S3/c1-12(2)10-14-16(21-18(26-14)17-20-8-9-25-17)13(22)6-4-3-5-7-19-15(23)11-24/h8-9,12,24H,3-7,10-11H2,1-2H3,(H,19,23). The molecular weight excluding hydrogens is 386 g/mol. The zero-order chi connectivity index (χ0) is 18.9. The maximum absolute atomic E-state index is 12.7. The molecule has 0 fully saturated rings. The Labute approximate surface area is 168 Å². The van der Waals surface area contributed by atoms with Crippen molar-refractivity contribution in [3.05, 3.63) is 22.1 Å². The molecule has 0 spiro atoms. The predicted octanol–water partition coefficient (Wildman–Crippen LogP) is 4.25. The molecule has 0 saturated carbocycles. The number of rotatable bonds is 11. The summed E-state index contributed by atoms with van der Waals surface area (Å²) in [5.74, 6) is 0.739. The molecule has 1 amide bonds. The van der Waals surface area contributed by atoms with E-state index in [1.54, 1.807) is 28.9 Å². The first kappa shape index (κ1) is 21.1. The maximum atomic E-state index is 12.7. The van der Waals surface area contributed by atoms with Gasteiger partial charge in [-0.1, -0.05) is 20.3 Å². The van der Waals surface area contributed by atoms with Crippen LogP contribution in [0, 0.1) is 5.92 Å². The van der Waals surface area contributed by atoms with E-state index in [9.17, 15) is 9.59 Å². The van der Waals surface area contributed by atoms with Gasteiger partial charge in [-0.25, -0.2) is 9.97 Å². The molecule has 26 heavy (non-hydrogen) atoms. The molecule has 0 bridgehead atoms. The third-order valence-corrected chi connectivity index (χ3v) is 6.00. The van der Waals surface area contributed by atoms with Gasteiger partial charge in [0.2, 0.25) is 5.91 Å². The Bertz CT molecular complexity index is 711. The number of hydrogen-bond acceptors (Lipinski definition) is 7. The number of Topliss-reactive ketones (excluding diaryl/α,β-unsaturated/α-hetero) is 1. The fourth-order valence-electron chi connectivity index (χ4n) is 2.49. The number of carbonyl (C=O) groups excluding carboxylic acids is 2. The van der Waals surface area contributed by atoms with Crippen LogP contribution < -0.4 is 5.32 Å². The van der Waals surface area contributed by atoms with Gasteiger partial charge < -0.3 is 5.32 Å². The summed E-state index contributed by atoms with van der Waals surface area (Å²) in [6.07, 6.45) is 5.69. The molecule has 2 heterocycles. The molecule has 0 saturated heterocycles. The van der Waals surface area contributed by atoms with Crippen molar-refractivity contribution in [3.8, 4) is 10.0 Å². The van der Waals surface area contributed by atoms with E-state index in [0.29, 0.717) is 24.6 Å². The average molecular weight is 412 g/mol. The van der Waals surface area contributed by atoms with Crippen molar-refractivity contribution in [2.75, 3.05) is 12.3 Å². The highest BCUT2D eigenvalue weighted by molar-refractivity contribution is 7.81. The Hall–Kier alpha value is -1.25. The highest BCUT2D eigenvalue weighted by Crippen LogP contribution is 2.31. The second kappa shape index (κ2) is 10.8. The smallest absolute Gasteiger partial charge is 0.229 e.